The highest BCUT2D eigenvalue weighted by Crippen LogP contribution is 2.43. The highest BCUT2D eigenvalue weighted by Gasteiger charge is 2.38. The summed E-state index contributed by atoms with van der Waals surface area (Å²) in [6.45, 7) is 4.45. The molecule has 1 heterocycles. The first-order valence-corrected chi connectivity index (χ1v) is 7.37. The molecule has 1 saturated heterocycles. The first-order chi connectivity index (χ1) is 9.24. The minimum absolute atomic E-state index is 0.404. The number of piperidine rings is 1. The number of rotatable bonds is 2. The van der Waals surface area contributed by atoms with E-state index in [2.05, 4.69) is 42.2 Å². The zero-order valence-electron chi connectivity index (χ0n) is 11.6. The molecule has 3 heteroatoms. The van der Waals surface area contributed by atoms with E-state index in [1.54, 1.807) is 0 Å². The summed E-state index contributed by atoms with van der Waals surface area (Å²) in [6, 6.07) is 11.1. The van der Waals surface area contributed by atoms with Gasteiger partial charge in [-0.1, -0.05) is 37.3 Å². The molecule has 0 radical (unpaired) electrons. The summed E-state index contributed by atoms with van der Waals surface area (Å²) in [5.41, 5.74) is 7.55. The fraction of sp³-hybridized carbons (Fsp3) is 0.562. The Morgan fingerprint density at radius 3 is 2.58 bits per heavy atom. The number of benzene rings is 1. The van der Waals surface area contributed by atoms with E-state index < -0.39 is 0 Å². The Morgan fingerprint density at radius 1 is 1.21 bits per heavy atom. The van der Waals surface area contributed by atoms with Crippen LogP contribution in [0.3, 0.4) is 0 Å². The molecule has 2 fully saturated rings. The van der Waals surface area contributed by atoms with Gasteiger partial charge in [0, 0.05) is 19.0 Å². The van der Waals surface area contributed by atoms with Gasteiger partial charge in [-0.3, -0.25) is 0 Å². The molecule has 2 N–H and O–H groups in total. The van der Waals surface area contributed by atoms with E-state index in [-0.39, 0.29) is 0 Å². The van der Waals surface area contributed by atoms with Gasteiger partial charge in [0.05, 0.1) is 6.04 Å². The van der Waals surface area contributed by atoms with Crippen molar-refractivity contribution in [2.24, 2.45) is 16.6 Å². The minimum atomic E-state index is 0.404. The lowest BCUT2D eigenvalue weighted by Gasteiger charge is -2.31. The van der Waals surface area contributed by atoms with Crippen LogP contribution in [0.4, 0.5) is 0 Å². The monoisotopic (exact) mass is 257 g/mol. The van der Waals surface area contributed by atoms with Gasteiger partial charge in [-0.15, -0.1) is 0 Å². The third-order valence-corrected chi connectivity index (χ3v) is 4.39. The minimum Gasteiger partial charge on any atom is -0.370 e. The Labute approximate surface area is 115 Å². The van der Waals surface area contributed by atoms with Crippen LogP contribution in [0.2, 0.25) is 0 Å². The zero-order chi connectivity index (χ0) is 13.2. The third kappa shape index (κ3) is 2.91. The molecule has 0 bridgehead atoms. The first kappa shape index (κ1) is 12.5. The maximum absolute atomic E-state index is 6.15. The van der Waals surface area contributed by atoms with E-state index in [0.29, 0.717) is 12.0 Å². The lowest BCUT2D eigenvalue weighted by Crippen LogP contribution is -2.42. The van der Waals surface area contributed by atoms with E-state index in [4.69, 9.17) is 10.7 Å². The predicted molar refractivity (Wildman–Crippen MR) is 79.2 cm³/mol. The quantitative estimate of drug-likeness (QED) is 0.653. The van der Waals surface area contributed by atoms with Crippen LogP contribution in [0, 0.1) is 5.92 Å². The number of likely N-dealkylation sites (tertiary alicyclic amines) is 1. The van der Waals surface area contributed by atoms with Crippen molar-refractivity contribution in [1.29, 1.82) is 0 Å². The van der Waals surface area contributed by atoms with Gasteiger partial charge in [-0.05, 0) is 30.7 Å². The summed E-state index contributed by atoms with van der Waals surface area (Å²) in [5, 5.41) is 0. The van der Waals surface area contributed by atoms with Crippen LogP contribution in [0.25, 0.3) is 0 Å². The second-order valence-electron chi connectivity index (χ2n) is 5.98. The number of nitrogens with zero attached hydrogens (tertiary/aromatic N) is 2. The maximum atomic E-state index is 6.15. The first-order valence-electron chi connectivity index (χ1n) is 7.37. The summed E-state index contributed by atoms with van der Waals surface area (Å²) in [6.07, 6.45) is 3.63. The Hall–Kier alpha value is -1.51. The van der Waals surface area contributed by atoms with Gasteiger partial charge >= 0.3 is 0 Å². The molecule has 1 aliphatic heterocycles. The largest absolute Gasteiger partial charge is 0.370 e. The topological polar surface area (TPSA) is 41.6 Å². The van der Waals surface area contributed by atoms with Gasteiger partial charge in [0.25, 0.3) is 0 Å². The van der Waals surface area contributed by atoms with Crippen LogP contribution >= 0.6 is 0 Å². The fourth-order valence-electron chi connectivity index (χ4n) is 2.87. The third-order valence-electron chi connectivity index (χ3n) is 4.39. The molecule has 0 aromatic heterocycles. The van der Waals surface area contributed by atoms with Crippen LogP contribution in [-0.4, -0.2) is 30.0 Å². The average Bonchev–Trinajstić information content (AvgIpc) is 3.20. The highest BCUT2D eigenvalue weighted by molar-refractivity contribution is 5.78. The molecule has 2 atom stereocenters. The Morgan fingerprint density at radius 2 is 1.89 bits per heavy atom. The summed E-state index contributed by atoms with van der Waals surface area (Å²) in [7, 11) is 0. The average molecular weight is 257 g/mol. The van der Waals surface area contributed by atoms with E-state index in [0.717, 1.165) is 31.4 Å². The predicted octanol–water partition coefficient (Wildman–Crippen LogP) is 2.59. The molecular formula is C16H23N3. The van der Waals surface area contributed by atoms with Crippen molar-refractivity contribution in [2.45, 2.75) is 38.1 Å². The van der Waals surface area contributed by atoms with Crippen LogP contribution in [0.15, 0.2) is 35.3 Å². The van der Waals surface area contributed by atoms with Gasteiger partial charge in [0.1, 0.15) is 0 Å². The highest BCUT2D eigenvalue weighted by atomic mass is 15.3. The smallest absolute Gasteiger partial charge is 0.191 e. The van der Waals surface area contributed by atoms with Crippen molar-refractivity contribution in [3.8, 4) is 0 Å². The van der Waals surface area contributed by atoms with Crippen LogP contribution in [0.1, 0.15) is 37.7 Å². The molecule has 0 spiro atoms. The van der Waals surface area contributed by atoms with Crippen molar-refractivity contribution in [3.63, 3.8) is 0 Å². The summed E-state index contributed by atoms with van der Waals surface area (Å²) < 4.78 is 0. The molecule has 1 aliphatic carbocycles. The van der Waals surface area contributed by atoms with Crippen molar-refractivity contribution in [3.05, 3.63) is 35.9 Å². The standard InChI is InChI=1S/C16H23N3/c1-12-7-9-19(10-8-12)16(17)18-15-11-14(15)13-5-3-2-4-6-13/h2-6,12,14-15H,7-11H2,1H3,(H2,17,18)/t14-,15+/m0/s1. The van der Waals surface area contributed by atoms with E-state index >= 15 is 0 Å². The lowest BCUT2D eigenvalue weighted by molar-refractivity contribution is 0.277. The summed E-state index contributed by atoms with van der Waals surface area (Å²) in [4.78, 5) is 6.97. The molecule has 1 aromatic carbocycles. The molecule has 102 valence electrons. The van der Waals surface area contributed by atoms with E-state index in [9.17, 15) is 0 Å². The molecule has 2 aliphatic rings. The molecule has 3 rings (SSSR count). The van der Waals surface area contributed by atoms with Crippen LogP contribution in [0.5, 0.6) is 0 Å². The SMILES string of the molecule is CC1CCN(C(N)=N[C@@H]2C[C@H]2c2ccccc2)CC1. The number of hydrogen-bond acceptors (Lipinski definition) is 1. The second-order valence-corrected chi connectivity index (χ2v) is 5.98. The Bertz CT molecular complexity index is 446. The van der Waals surface area contributed by atoms with Crippen molar-refractivity contribution in [2.75, 3.05) is 13.1 Å². The Balaban J connectivity index is 1.58. The van der Waals surface area contributed by atoms with Gasteiger partial charge in [-0.2, -0.15) is 0 Å². The Kier molecular flexibility index (Phi) is 3.45. The van der Waals surface area contributed by atoms with Gasteiger partial charge in [0.15, 0.2) is 5.96 Å². The van der Waals surface area contributed by atoms with Gasteiger partial charge in [-0.25, -0.2) is 4.99 Å². The van der Waals surface area contributed by atoms with Crippen molar-refractivity contribution >= 4 is 5.96 Å². The molecule has 0 amide bonds. The molecule has 1 saturated carbocycles. The fourth-order valence-corrected chi connectivity index (χ4v) is 2.87. The zero-order valence-corrected chi connectivity index (χ0v) is 11.6. The normalized spacial score (nSPS) is 28.5. The van der Waals surface area contributed by atoms with E-state index in [1.165, 1.54) is 18.4 Å². The van der Waals surface area contributed by atoms with Gasteiger partial charge < -0.3 is 10.6 Å². The summed E-state index contributed by atoms with van der Waals surface area (Å²) in [5.74, 6) is 2.18. The molecule has 19 heavy (non-hydrogen) atoms. The second kappa shape index (κ2) is 5.24. The number of guanidine groups is 1. The van der Waals surface area contributed by atoms with Crippen molar-refractivity contribution < 1.29 is 0 Å². The molecule has 0 unspecified atom stereocenters. The lowest BCUT2D eigenvalue weighted by atomic mass is 10.00. The van der Waals surface area contributed by atoms with Crippen LogP contribution in [-0.2, 0) is 0 Å². The number of nitrogens with two attached hydrogens (primary N) is 1. The number of hydrogen-bond donors (Lipinski definition) is 1. The van der Waals surface area contributed by atoms with E-state index in [1.807, 2.05) is 0 Å². The summed E-state index contributed by atoms with van der Waals surface area (Å²) >= 11 is 0. The molecular weight excluding hydrogens is 234 g/mol. The maximum Gasteiger partial charge on any atom is 0.191 e. The molecule has 1 aromatic rings. The van der Waals surface area contributed by atoms with Crippen LogP contribution < -0.4 is 5.73 Å². The van der Waals surface area contributed by atoms with Crippen molar-refractivity contribution in [1.82, 2.24) is 4.90 Å². The van der Waals surface area contributed by atoms with Gasteiger partial charge in [0.2, 0.25) is 0 Å². The number of aliphatic imine (C=N–C) groups is 1. The molecule has 3 nitrogen and oxygen atoms in total.